The second kappa shape index (κ2) is 8.89. The monoisotopic (exact) mass is 426 g/mol. The Bertz CT molecular complexity index is 909. The van der Waals surface area contributed by atoms with Crippen molar-refractivity contribution in [2.24, 2.45) is 5.92 Å². The zero-order chi connectivity index (χ0) is 22.0. The summed E-state index contributed by atoms with van der Waals surface area (Å²) in [7, 11) is 0. The van der Waals surface area contributed by atoms with Gasteiger partial charge in [-0.05, 0) is 44.2 Å². The Morgan fingerprint density at radius 2 is 2.03 bits per heavy atom. The van der Waals surface area contributed by atoms with E-state index in [4.69, 9.17) is 4.42 Å². The molecule has 4 rings (SSSR count). The molecular weight excluding hydrogens is 392 g/mol. The fourth-order valence-electron chi connectivity index (χ4n) is 4.69. The number of amides is 2. The van der Waals surface area contributed by atoms with Gasteiger partial charge in [-0.1, -0.05) is 39.5 Å². The van der Waals surface area contributed by atoms with Gasteiger partial charge in [0, 0.05) is 18.7 Å². The Labute approximate surface area is 184 Å². The third-order valence-electron chi connectivity index (χ3n) is 6.68. The molecule has 2 aromatic heterocycles. The van der Waals surface area contributed by atoms with Crippen molar-refractivity contribution in [1.29, 1.82) is 0 Å². The van der Waals surface area contributed by atoms with Gasteiger partial charge in [0.05, 0.1) is 12.8 Å². The van der Waals surface area contributed by atoms with E-state index in [0.717, 1.165) is 32.1 Å². The minimum absolute atomic E-state index is 0.0720. The van der Waals surface area contributed by atoms with E-state index >= 15 is 0 Å². The SMILES string of the molecule is CC(C)CCN1C(=O)c2cc(-c3ccco3)nn2C[C@]1(C)C(=O)NC1CCCCCC1. The van der Waals surface area contributed by atoms with Crippen LogP contribution in [0.4, 0.5) is 0 Å². The number of nitrogens with zero attached hydrogens (tertiary/aromatic N) is 3. The number of hydrogen-bond donors (Lipinski definition) is 1. The first-order valence-corrected chi connectivity index (χ1v) is 11.6. The molecule has 168 valence electrons. The van der Waals surface area contributed by atoms with Gasteiger partial charge in [0.15, 0.2) is 5.76 Å². The maximum atomic E-state index is 13.6. The first kappa shape index (κ1) is 21.7. The van der Waals surface area contributed by atoms with Crippen LogP contribution in [0.5, 0.6) is 0 Å². The first-order valence-electron chi connectivity index (χ1n) is 11.6. The fraction of sp³-hybridized carbons (Fsp3) is 0.625. The van der Waals surface area contributed by atoms with Crippen LogP contribution >= 0.6 is 0 Å². The molecule has 1 aliphatic heterocycles. The van der Waals surface area contributed by atoms with Crippen molar-refractivity contribution >= 4 is 11.8 Å². The maximum Gasteiger partial charge on any atom is 0.273 e. The lowest BCUT2D eigenvalue weighted by atomic mass is 9.93. The van der Waals surface area contributed by atoms with E-state index in [0.29, 0.717) is 36.2 Å². The average Bonchev–Trinajstić information content (AvgIpc) is 3.33. The van der Waals surface area contributed by atoms with Crippen LogP contribution in [0, 0.1) is 5.92 Å². The second-order valence-electron chi connectivity index (χ2n) is 9.62. The van der Waals surface area contributed by atoms with E-state index < -0.39 is 5.54 Å². The highest BCUT2D eigenvalue weighted by molar-refractivity contribution is 6.00. The van der Waals surface area contributed by atoms with Crippen LogP contribution in [-0.2, 0) is 11.3 Å². The summed E-state index contributed by atoms with van der Waals surface area (Å²) in [6, 6.07) is 5.58. The lowest BCUT2D eigenvalue weighted by Gasteiger charge is -2.44. The summed E-state index contributed by atoms with van der Waals surface area (Å²) in [6.45, 7) is 7.04. The van der Waals surface area contributed by atoms with Gasteiger partial charge in [-0.15, -0.1) is 0 Å². The maximum absolute atomic E-state index is 13.6. The summed E-state index contributed by atoms with van der Waals surface area (Å²) in [5.74, 6) is 0.841. The Morgan fingerprint density at radius 3 is 2.68 bits per heavy atom. The molecule has 3 heterocycles. The van der Waals surface area contributed by atoms with Gasteiger partial charge in [-0.3, -0.25) is 14.3 Å². The quantitative estimate of drug-likeness (QED) is 0.701. The number of carbonyl (C=O) groups excluding carboxylic acids is 2. The largest absolute Gasteiger partial charge is 0.463 e. The van der Waals surface area contributed by atoms with Gasteiger partial charge >= 0.3 is 0 Å². The van der Waals surface area contributed by atoms with Crippen molar-refractivity contribution in [3.63, 3.8) is 0 Å². The summed E-state index contributed by atoms with van der Waals surface area (Å²) in [6.07, 6.45) is 9.21. The van der Waals surface area contributed by atoms with Crippen LogP contribution in [0.15, 0.2) is 28.9 Å². The smallest absolute Gasteiger partial charge is 0.273 e. The number of nitrogens with one attached hydrogen (secondary N) is 1. The van der Waals surface area contributed by atoms with E-state index in [1.807, 2.05) is 13.0 Å². The number of aromatic nitrogens is 2. The summed E-state index contributed by atoms with van der Waals surface area (Å²) in [5, 5.41) is 7.89. The molecule has 0 saturated heterocycles. The van der Waals surface area contributed by atoms with E-state index in [1.165, 1.54) is 12.8 Å². The fourth-order valence-corrected chi connectivity index (χ4v) is 4.69. The van der Waals surface area contributed by atoms with Crippen LogP contribution in [0.2, 0.25) is 0 Å². The molecule has 0 unspecified atom stereocenters. The summed E-state index contributed by atoms with van der Waals surface area (Å²) >= 11 is 0. The van der Waals surface area contributed by atoms with Gasteiger partial charge in [0.2, 0.25) is 5.91 Å². The minimum atomic E-state index is -0.974. The number of carbonyl (C=O) groups is 2. The second-order valence-corrected chi connectivity index (χ2v) is 9.62. The summed E-state index contributed by atoms with van der Waals surface area (Å²) < 4.78 is 7.15. The number of hydrogen-bond acceptors (Lipinski definition) is 4. The third-order valence-corrected chi connectivity index (χ3v) is 6.68. The molecule has 1 aliphatic carbocycles. The van der Waals surface area contributed by atoms with Crippen molar-refractivity contribution in [2.45, 2.75) is 83.8 Å². The van der Waals surface area contributed by atoms with Crippen LogP contribution in [0.25, 0.3) is 11.5 Å². The Morgan fingerprint density at radius 1 is 1.29 bits per heavy atom. The van der Waals surface area contributed by atoms with Crippen LogP contribution in [0.1, 0.15) is 76.2 Å². The van der Waals surface area contributed by atoms with Crippen molar-refractivity contribution in [2.75, 3.05) is 6.54 Å². The summed E-state index contributed by atoms with van der Waals surface area (Å²) in [4.78, 5) is 28.9. The van der Waals surface area contributed by atoms with Crippen LogP contribution in [-0.4, -0.2) is 44.6 Å². The highest BCUT2D eigenvalue weighted by Gasteiger charge is 2.48. The van der Waals surface area contributed by atoms with Crippen molar-refractivity contribution in [3.05, 3.63) is 30.2 Å². The molecule has 7 nitrogen and oxygen atoms in total. The molecule has 1 atom stereocenters. The topological polar surface area (TPSA) is 80.4 Å². The molecule has 0 spiro atoms. The van der Waals surface area contributed by atoms with Crippen molar-refractivity contribution in [3.8, 4) is 11.5 Å². The zero-order valence-corrected chi connectivity index (χ0v) is 18.9. The lowest BCUT2D eigenvalue weighted by Crippen LogP contribution is -2.65. The van der Waals surface area contributed by atoms with Crippen LogP contribution < -0.4 is 5.32 Å². The minimum Gasteiger partial charge on any atom is -0.463 e. The predicted molar refractivity (Wildman–Crippen MR) is 118 cm³/mol. The van der Waals surface area contributed by atoms with E-state index in [1.54, 1.807) is 28.0 Å². The Hall–Kier alpha value is -2.57. The van der Waals surface area contributed by atoms with Crippen LogP contribution in [0.3, 0.4) is 0 Å². The van der Waals surface area contributed by atoms with Crippen molar-refractivity contribution < 1.29 is 14.0 Å². The average molecular weight is 427 g/mol. The number of rotatable bonds is 6. The highest BCUT2D eigenvalue weighted by atomic mass is 16.3. The molecule has 31 heavy (non-hydrogen) atoms. The molecule has 0 bridgehead atoms. The number of fused-ring (bicyclic) bond motifs is 1. The first-order chi connectivity index (χ1) is 14.9. The molecule has 2 aromatic rings. The van der Waals surface area contributed by atoms with E-state index in [-0.39, 0.29) is 17.9 Å². The summed E-state index contributed by atoms with van der Waals surface area (Å²) in [5.41, 5.74) is 0.151. The highest BCUT2D eigenvalue weighted by Crippen LogP contribution is 2.31. The normalized spacial score (nSPS) is 22.5. The molecule has 1 N–H and O–H groups in total. The van der Waals surface area contributed by atoms with Gasteiger partial charge in [-0.2, -0.15) is 5.10 Å². The molecule has 0 radical (unpaired) electrons. The molecule has 7 heteroatoms. The van der Waals surface area contributed by atoms with Gasteiger partial charge in [0.1, 0.15) is 16.9 Å². The van der Waals surface area contributed by atoms with E-state index in [9.17, 15) is 9.59 Å². The predicted octanol–water partition coefficient (Wildman–Crippen LogP) is 4.24. The lowest BCUT2D eigenvalue weighted by molar-refractivity contribution is -0.134. The Kier molecular flexibility index (Phi) is 6.21. The molecule has 1 saturated carbocycles. The van der Waals surface area contributed by atoms with E-state index in [2.05, 4.69) is 24.3 Å². The van der Waals surface area contributed by atoms with Gasteiger partial charge in [-0.25, -0.2) is 0 Å². The van der Waals surface area contributed by atoms with Crippen molar-refractivity contribution in [1.82, 2.24) is 20.0 Å². The molecule has 1 fully saturated rings. The molecule has 0 aromatic carbocycles. The Balaban J connectivity index is 1.63. The van der Waals surface area contributed by atoms with Gasteiger partial charge < -0.3 is 14.6 Å². The standard InChI is InChI=1S/C24H34N4O3/c1-17(2)12-13-27-22(29)20-15-19(21-11-8-14-31-21)26-28(20)16-24(27,3)23(30)25-18-9-6-4-5-7-10-18/h8,11,14-15,17-18H,4-7,9-10,12-13,16H2,1-3H3,(H,25,30)/t24-/m1/s1. The molecule has 2 aliphatic rings. The zero-order valence-electron chi connectivity index (χ0n) is 18.9. The molecular formula is C24H34N4O3. The molecule has 2 amide bonds. The number of furan rings is 1. The van der Waals surface area contributed by atoms with Gasteiger partial charge in [0.25, 0.3) is 5.91 Å². The third kappa shape index (κ3) is 4.41.